The molecule has 0 saturated carbocycles. The van der Waals surface area contributed by atoms with Crippen LogP contribution >= 0.6 is 31.9 Å². The first-order valence-corrected chi connectivity index (χ1v) is 6.93. The molecule has 2 aromatic rings. The molecular weight excluding hydrogens is 362 g/mol. The Morgan fingerprint density at radius 3 is 2.72 bits per heavy atom. The van der Waals surface area contributed by atoms with E-state index in [9.17, 15) is 0 Å². The summed E-state index contributed by atoms with van der Waals surface area (Å²) in [6.07, 6.45) is 3.83. The van der Waals surface area contributed by atoms with E-state index in [0.29, 0.717) is 0 Å². The van der Waals surface area contributed by atoms with Crippen molar-refractivity contribution in [2.75, 3.05) is 12.4 Å². The number of nitrogens with zero attached hydrogens (tertiary/aromatic N) is 2. The number of nitrogens with one attached hydrogen (secondary N) is 1. The molecule has 0 saturated heterocycles. The van der Waals surface area contributed by atoms with Crippen LogP contribution in [0.5, 0.6) is 5.75 Å². The van der Waals surface area contributed by atoms with Gasteiger partial charge in [-0.2, -0.15) is 5.10 Å². The molecule has 0 bridgehead atoms. The fourth-order valence-corrected chi connectivity index (χ4v) is 2.88. The summed E-state index contributed by atoms with van der Waals surface area (Å²) in [5, 5.41) is 7.48. The van der Waals surface area contributed by atoms with Gasteiger partial charge in [-0.3, -0.25) is 4.68 Å². The van der Waals surface area contributed by atoms with Gasteiger partial charge in [0.15, 0.2) is 0 Å². The molecule has 0 unspecified atom stereocenters. The number of methoxy groups -OCH3 is 1. The molecular formula is C12H13Br2N3O. The van der Waals surface area contributed by atoms with Gasteiger partial charge in [-0.05, 0) is 37.9 Å². The number of aryl methyl sites for hydroxylation is 1. The zero-order valence-electron chi connectivity index (χ0n) is 10.1. The maximum absolute atomic E-state index is 5.27. The Hall–Kier alpha value is -1.01. The molecule has 1 N–H and O–H groups in total. The fraction of sp³-hybridized carbons (Fsp3) is 0.250. The monoisotopic (exact) mass is 373 g/mol. The van der Waals surface area contributed by atoms with Crippen LogP contribution in [-0.2, 0) is 13.6 Å². The summed E-state index contributed by atoms with van der Waals surface area (Å²) in [5.41, 5.74) is 2.12. The van der Waals surface area contributed by atoms with Gasteiger partial charge >= 0.3 is 0 Å². The van der Waals surface area contributed by atoms with Gasteiger partial charge in [0.1, 0.15) is 5.75 Å². The second-order valence-electron chi connectivity index (χ2n) is 3.84. The lowest BCUT2D eigenvalue weighted by Crippen LogP contribution is -2.00. The van der Waals surface area contributed by atoms with Gasteiger partial charge in [0.05, 0.1) is 23.5 Å². The molecule has 0 aliphatic heterocycles. The average Bonchev–Trinajstić information content (AvgIpc) is 2.74. The molecule has 96 valence electrons. The van der Waals surface area contributed by atoms with Crippen LogP contribution in [0.2, 0.25) is 0 Å². The summed E-state index contributed by atoms with van der Waals surface area (Å²) >= 11 is 6.97. The van der Waals surface area contributed by atoms with Gasteiger partial charge in [0.2, 0.25) is 0 Å². The van der Waals surface area contributed by atoms with E-state index in [0.717, 1.165) is 32.5 Å². The first kappa shape index (κ1) is 13.4. The van der Waals surface area contributed by atoms with Crippen molar-refractivity contribution < 1.29 is 4.74 Å². The molecule has 0 aliphatic rings. The topological polar surface area (TPSA) is 39.1 Å². The number of hydrogen-bond acceptors (Lipinski definition) is 3. The van der Waals surface area contributed by atoms with Crippen LogP contribution in [0.1, 0.15) is 5.56 Å². The van der Waals surface area contributed by atoms with Crippen LogP contribution in [0.25, 0.3) is 0 Å². The number of anilines is 1. The largest absolute Gasteiger partial charge is 0.495 e. The van der Waals surface area contributed by atoms with Gasteiger partial charge in [-0.1, -0.05) is 0 Å². The van der Waals surface area contributed by atoms with Crippen molar-refractivity contribution >= 4 is 37.5 Å². The van der Waals surface area contributed by atoms with Crippen molar-refractivity contribution in [1.82, 2.24) is 9.78 Å². The highest BCUT2D eigenvalue weighted by Gasteiger charge is 2.07. The highest BCUT2D eigenvalue weighted by atomic mass is 79.9. The molecule has 0 aliphatic carbocycles. The molecule has 0 radical (unpaired) electrons. The van der Waals surface area contributed by atoms with E-state index in [1.54, 1.807) is 11.8 Å². The third-order valence-electron chi connectivity index (χ3n) is 2.48. The molecule has 1 aromatic heterocycles. The molecule has 6 heteroatoms. The standard InChI is InChI=1S/C12H13Br2N3O/c1-17-7-8(6-16-17)5-15-11-4-12(18-2)10(14)3-9(11)13/h3-4,6-7,15H,5H2,1-2H3. The third kappa shape index (κ3) is 3.05. The van der Waals surface area contributed by atoms with Crippen molar-refractivity contribution in [3.8, 4) is 5.75 Å². The molecule has 4 nitrogen and oxygen atoms in total. The minimum atomic E-state index is 0.719. The van der Waals surface area contributed by atoms with Crippen LogP contribution < -0.4 is 10.1 Å². The second kappa shape index (κ2) is 5.75. The first-order chi connectivity index (χ1) is 8.60. The van der Waals surface area contributed by atoms with E-state index < -0.39 is 0 Å². The van der Waals surface area contributed by atoms with Gasteiger partial charge < -0.3 is 10.1 Å². The fourth-order valence-electron chi connectivity index (χ4n) is 1.58. The lowest BCUT2D eigenvalue weighted by atomic mass is 10.3. The van der Waals surface area contributed by atoms with E-state index >= 15 is 0 Å². The summed E-state index contributed by atoms with van der Waals surface area (Å²) in [7, 11) is 3.56. The summed E-state index contributed by atoms with van der Waals surface area (Å²) in [6, 6.07) is 3.91. The molecule has 0 atom stereocenters. The third-order valence-corrected chi connectivity index (χ3v) is 3.76. The van der Waals surface area contributed by atoms with Gasteiger partial charge in [0.25, 0.3) is 0 Å². The Labute approximate surface area is 123 Å². The van der Waals surface area contributed by atoms with Gasteiger partial charge in [0, 0.05) is 35.9 Å². The molecule has 0 spiro atoms. The molecule has 0 amide bonds. The maximum atomic E-state index is 5.27. The number of rotatable bonds is 4. The Morgan fingerprint density at radius 2 is 2.11 bits per heavy atom. The van der Waals surface area contributed by atoms with E-state index in [1.807, 2.05) is 31.6 Å². The van der Waals surface area contributed by atoms with Gasteiger partial charge in [-0.15, -0.1) is 0 Å². The summed E-state index contributed by atoms with van der Waals surface area (Å²) in [4.78, 5) is 0. The zero-order valence-corrected chi connectivity index (χ0v) is 13.2. The minimum absolute atomic E-state index is 0.719. The van der Waals surface area contributed by atoms with Crippen LogP contribution in [0.4, 0.5) is 5.69 Å². The molecule has 1 heterocycles. The molecule has 2 rings (SSSR count). The second-order valence-corrected chi connectivity index (χ2v) is 5.55. The maximum Gasteiger partial charge on any atom is 0.135 e. The lowest BCUT2D eigenvalue weighted by molar-refractivity contribution is 0.412. The normalized spacial score (nSPS) is 10.4. The SMILES string of the molecule is COc1cc(NCc2cnn(C)c2)c(Br)cc1Br. The summed E-state index contributed by atoms with van der Waals surface area (Å²) in [5.74, 6) is 0.798. The van der Waals surface area contributed by atoms with Crippen molar-refractivity contribution in [3.05, 3.63) is 39.0 Å². The predicted molar refractivity (Wildman–Crippen MR) is 78.9 cm³/mol. The number of hydrogen-bond donors (Lipinski definition) is 1. The first-order valence-electron chi connectivity index (χ1n) is 5.34. The summed E-state index contributed by atoms with van der Waals surface area (Å²) < 4.78 is 8.96. The predicted octanol–water partition coefficient (Wildman–Crippen LogP) is 3.57. The Morgan fingerprint density at radius 1 is 1.33 bits per heavy atom. The van der Waals surface area contributed by atoms with Gasteiger partial charge in [-0.25, -0.2) is 0 Å². The van der Waals surface area contributed by atoms with E-state index in [-0.39, 0.29) is 0 Å². The molecule has 1 aromatic carbocycles. The highest BCUT2D eigenvalue weighted by molar-refractivity contribution is 9.11. The zero-order chi connectivity index (χ0) is 13.1. The smallest absolute Gasteiger partial charge is 0.135 e. The van der Waals surface area contributed by atoms with Crippen LogP contribution in [0.3, 0.4) is 0 Å². The molecule has 0 fully saturated rings. The summed E-state index contributed by atoms with van der Waals surface area (Å²) in [6.45, 7) is 0.719. The number of aromatic nitrogens is 2. The Balaban J connectivity index is 2.13. The number of benzene rings is 1. The van der Waals surface area contributed by atoms with Crippen molar-refractivity contribution in [2.24, 2.45) is 7.05 Å². The minimum Gasteiger partial charge on any atom is -0.495 e. The average molecular weight is 375 g/mol. The van der Waals surface area contributed by atoms with E-state index in [2.05, 4.69) is 42.3 Å². The Bertz CT molecular complexity index is 554. The van der Waals surface area contributed by atoms with Crippen LogP contribution in [-0.4, -0.2) is 16.9 Å². The van der Waals surface area contributed by atoms with Crippen LogP contribution in [0.15, 0.2) is 33.5 Å². The van der Waals surface area contributed by atoms with E-state index in [4.69, 9.17) is 4.74 Å². The van der Waals surface area contributed by atoms with Crippen LogP contribution in [0, 0.1) is 0 Å². The quantitative estimate of drug-likeness (QED) is 0.889. The number of ether oxygens (including phenoxy) is 1. The Kier molecular flexibility index (Phi) is 4.29. The number of halogens is 2. The van der Waals surface area contributed by atoms with Crippen molar-refractivity contribution in [3.63, 3.8) is 0 Å². The van der Waals surface area contributed by atoms with Crippen molar-refractivity contribution in [1.29, 1.82) is 0 Å². The van der Waals surface area contributed by atoms with Crippen molar-refractivity contribution in [2.45, 2.75) is 6.54 Å². The molecule has 18 heavy (non-hydrogen) atoms. The highest BCUT2D eigenvalue weighted by Crippen LogP contribution is 2.34. The lowest BCUT2D eigenvalue weighted by Gasteiger charge is -2.11. The van der Waals surface area contributed by atoms with E-state index in [1.165, 1.54) is 0 Å².